The van der Waals surface area contributed by atoms with Crippen molar-refractivity contribution in [3.63, 3.8) is 0 Å². The Kier molecular flexibility index (Phi) is 4.35. The molecule has 1 saturated carbocycles. The second-order valence-corrected chi connectivity index (χ2v) is 5.99. The molecule has 0 aliphatic heterocycles. The zero-order chi connectivity index (χ0) is 13.9. The number of nitrogens with one attached hydrogen (secondary N) is 1. The molecule has 1 aliphatic rings. The van der Waals surface area contributed by atoms with Crippen molar-refractivity contribution < 1.29 is 9.47 Å². The van der Waals surface area contributed by atoms with Gasteiger partial charge in [-0.2, -0.15) is 0 Å². The minimum Gasteiger partial charge on any atom is -0.497 e. The van der Waals surface area contributed by atoms with Gasteiger partial charge in [-0.3, -0.25) is 0 Å². The first kappa shape index (κ1) is 14.2. The first-order valence-corrected chi connectivity index (χ1v) is 7.01. The van der Waals surface area contributed by atoms with Gasteiger partial charge >= 0.3 is 0 Å². The van der Waals surface area contributed by atoms with Crippen LogP contribution in [0.4, 0.5) is 0 Å². The summed E-state index contributed by atoms with van der Waals surface area (Å²) in [5, 5.41) is 3.68. The lowest BCUT2D eigenvalue weighted by Crippen LogP contribution is -2.37. The van der Waals surface area contributed by atoms with E-state index in [0.717, 1.165) is 18.0 Å². The minimum absolute atomic E-state index is 0.402. The van der Waals surface area contributed by atoms with E-state index in [0.29, 0.717) is 11.5 Å². The Morgan fingerprint density at radius 2 is 2.05 bits per heavy atom. The van der Waals surface area contributed by atoms with Gasteiger partial charge in [-0.25, -0.2) is 0 Å². The molecule has 0 bridgehead atoms. The number of hydrogen-bond acceptors (Lipinski definition) is 3. The number of hydrogen-bond donors (Lipinski definition) is 1. The Bertz CT molecular complexity index is 429. The lowest BCUT2D eigenvalue weighted by molar-refractivity contribution is 0.281. The third-order valence-corrected chi connectivity index (χ3v) is 4.29. The monoisotopic (exact) mass is 263 g/mol. The summed E-state index contributed by atoms with van der Waals surface area (Å²) in [4.78, 5) is 0. The first-order chi connectivity index (χ1) is 9.06. The molecule has 19 heavy (non-hydrogen) atoms. The molecule has 0 heterocycles. The Hall–Kier alpha value is -1.22. The van der Waals surface area contributed by atoms with Gasteiger partial charge in [0.1, 0.15) is 11.5 Å². The zero-order valence-electron chi connectivity index (χ0n) is 12.5. The van der Waals surface area contributed by atoms with Gasteiger partial charge in [0.15, 0.2) is 0 Å². The Labute approximate surface area is 116 Å². The maximum Gasteiger partial charge on any atom is 0.127 e. The quantitative estimate of drug-likeness (QED) is 0.883. The first-order valence-electron chi connectivity index (χ1n) is 7.01. The van der Waals surface area contributed by atoms with E-state index < -0.39 is 0 Å². The lowest BCUT2D eigenvalue weighted by atomic mass is 9.87. The van der Waals surface area contributed by atoms with Gasteiger partial charge in [0, 0.05) is 24.2 Å². The fourth-order valence-electron chi connectivity index (χ4n) is 2.94. The van der Waals surface area contributed by atoms with E-state index in [9.17, 15) is 0 Å². The molecule has 0 saturated heterocycles. The SMILES string of the molecule is COc1ccc(CNC2CCCC2(C)C)c(OC)c1. The van der Waals surface area contributed by atoms with Gasteiger partial charge < -0.3 is 14.8 Å². The van der Waals surface area contributed by atoms with Crippen LogP contribution in [0.2, 0.25) is 0 Å². The standard InChI is InChI=1S/C16H25NO2/c1-16(2)9-5-6-15(16)17-11-12-7-8-13(18-3)10-14(12)19-4/h7-8,10,15,17H,5-6,9,11H2,1-4H3. The summed E-state index contributed by atoms with van der Waals surface area (Å²) >= 11 is 0. The Morgan fingerprint density at radius 1 is 1.26 bits per heavy atom. The molecule has 106 valence electrons. The molecular formula is C16H25NO2. The number of rotatable bonds is 5. The van der Waals surface area contributed by atoms with E-state index in [-0.39, 0.29) is 0 Å². The average molecular weight is 263 g/mol. The van der Waals surface area contributed by atoms with Crippen LogP contribution in [-0.2, 0) is 6.54 Å². The molecule has 2 rings (SSSR count). The summed E-state index contributed by atoms with van der Waals surface area (Å²) in [6.45, 7) is 5.55. The summed E-state index contributed by atoms with van der Waals surface area (Å²) in [5.74, 6) is 1.73. The molecule has 1 fully saturated rings. The molecule has 1 aromatic rings. The highest BCUT2D eigenvalue weighted by molar-refractivity contribution is 5.40. The molecule has 1 atom stereocenters. The molecule has 1 aromatic carbocycles. The summed E-state index contributed by atoms with van der Waals surface area (Å²) < 4.78 is 10.7. The maximum absolute atomic E-state index is 5.43. The van der Waals surface area contributed by atoms with E-state index >= 15 is 0 Å². The number of methoxy groups -OCH3 is 2. The highest BCUT2D eigenvalue weighted by Crippen LogP contribution is 2.37. The number of benzene rings is 1. The fourth-order valence-corrected chi connectivity index (χ4v) is 2.94. The lowest BCUT2D eigenvalue weighted by Gasteiger charge is -2.28. The predicted octanol–water partition coefficient (Wildman–Crippen LogP) is 3.37. The van der Waals surface area contributed by atoms with E-state index in [1.807, 2.05) is 12.1 Å². The molecule has 1 unspecified atom stereocenters. The molecule has 0 radical (unpaired) electrons. The van der Waals surface area contributed by atoms with Crippen molar-refractivity contribution in [2.45, 2.75) is 45.7 Å². The largest absolute Gasteiger partial charge is 0.497 e. The van der Waals surface area contributed by atoms with Crippen LogP contribution in [0.25, 0.3) is 0 Å². The fraction of sp³-hybridized carbons (Fsp3) is 0.625. The summed E-state index contributed by atoms with van der Waals surface area (Å²) in [7, 11) is 3.38. The third-order valence-electron chi connectivity index (χ3n) is 4.29. The molecular weight excluding hydrogens is 238 g/mol. The molecule has 1 N–H and O–H groups in total. The van der Waals surface area contributed by atoms with Crippen LogP contribution in [0.5, 0.6) is 11.5 Å². The van der Waals surface area contributed by atoms with Crippen molar-refractivity contribution in [1.29, 1.82) is 0 Å². The van der Waals surface area contributed by atoms with Crippen molar-refractivity contribution in [3.05, 3.63) is 23.8 Å². The summed E-state index contributed by atoms with van der Waals surface area (Å²) in [6.07, 6.45) is 3.90. The molecule has 0 aromatic heterocycles. The number of ether oxygens (including phenoxy) is 2. The summed E-state index contributed by atoms with van der Waals surface area (Å²) in [6, 6.07) is 6.60. The van der Waals surface area contributed by atoms with Crippen LogP contribution in [0.15, 0.2) is 18.2 Å². The van der Waals surface area contributed by atoms with Crippen molar-refractivity contribution >= 4 is 0 Å². The Balaban J connectivity index is 2.03. The van der Waals surface area contributed by atoms with E-state index in [4.69, 9.17) is 9.47 Å². The van der Waals surface area contributed by atoms with Crippen molar-refractivity contribution in [3.8, 4) is 11.5 Å². The summed E-state index contributed by atoms with van der Waals surface area (Å²) in [5.41, 5.74) is 1.59. The normalized spacial score (nSPS) is 21.4. The topological polar surface area (TPSA) is 30.5 Å². The van der Waals surface area contributed by atoms with Crippen LogP contribution in [0.3, 0.4) is 0 Å². The second kappa shape index (κ2) is 5.83. The van der Waals surface area contributed by atoms with Crippen molar-refractivity contribution in [1.82, 2.24) is 5.32 Å². The smallest absolute Gasteiger partial charge is 0.127 e. The van der Waals surface area contributed by atoms with Gasteiger partial charge in [-0.05, 0) is 24.3 Å². The highest BCUT2D eigenvalue weighted by Gasteiger charge is 2.33. The van der Waals surface area contributed by atoms with Crippen molar-refractivity contribution in [2.24, 2.45) is 5.41 Å². The van der Waals surface area contributed by atoms with E-state index in [2.05, 4.69) is 25.2 Å². The van der Waals surface area contributed by atoms with Crippen LogP contribution >= 0.6 is 0 Å². The molecule has 0 spiro atoms. The van der Waals surface area contributed by atoms with Gasteiger partial charge in [-0.1, -0.05) is 26.3 Å². The van der Waals surface area contributed by atoms with Gasteiger partial charge in [0.25, 0.3) is 0 Å². The van der Waals surface area contributed by atoms with E-state index in [1.165, 1.54) is 24.8 Å². The maximum atomic E-state index is 5.43. The van der Waals surface area contributed by atoms with Crippen LogP contribution in [0, 0.1) is 5.41 Å². The zero-order valence-corrected chi connectivity index (χ0v) is 12.5. The van der Waals surface area contributed by atoms with Gasteiger partial charge in [0.2, 0.25) is 0 Å². The average Bonchev–Trinajstić information content (AvgIpc) is 2.75. The molecule has 1 aliphatic carbocycles. The van der Waals surface area contributed by atoms with Crippen LogP contribution in [-0.4, -0.2) is 20.3 Å². The second-order valence-electron chi connectivity index (χ2n) is 5.99. The van der Waals surface area contributed by atoms with Crippen LogP contribution in [0.1, 0.15) is 38.7 Å². The molecule has 3 nitrogen and oxygen atoms in total. The van der Waals surface area contributed by atoms with Crippen LogP contribution < -0.4 is 14.8 Å². The Morgan fingerprint density at radius 3 is 2.63 bits per heavy atom. The van der Waals surface area contributed by atoms with Gasteiger partial charge in [-0.15, -0.1) is 0 Å². The van der Waals surface area contributed by atoms with E-state index in [1.54, 1.807) is 14.2 Å². The molecule has 3 heteroatoms. The van der Waals surface area contributed by atoms with Gasteiger partial charge in [0.05, 0.1) is 14.2 Å². The predicted molar refractivity (Wildman–Crippen MR) is 77.8 cm³/mol. The third kappa shape index (κ3) is 3.21. The van der Waals surface area contributed by atoms with Crippen molar-refractivity contribution in [2.75, 3.05) is 14.2 Å². The highest BCUT2D eigenvalue weighted by atomic mass is 16.5. The minimum atomic E-state index is 0.402. The molecule has 0 amide bonds.